The monoisotopic (exact) mass is 374 g/mol. The van der Waals surface area contributed by atoms with Crippen LogP contribution in [0, 0.1) is 6.92 Å². The second-order valence-electron chi connectivity index (χ2n) is 7.25. The number of likely N-dealkylation sites (N-methyl/N-ethyl adjacent to an activating group) is 1. The van der Waals surface area contributed by atoms with E-state index >= 15 is 0 Å². The molecule has 1 aliphatic heterocycles. The summed E-state index contributed by atoms with van der Waals surface area (Å²) in [4.78, 5) is 21.7. The Morgan fingerprint density at radius 2 is 1.89 bits per heavy atom. The Balaban J connectivity index is 1.59. The maximum atomic E-state index is 5.74. The van der Waals surface area contributed by atoms with Gasteiger partial charge in [-0.15, -0.1) is 0 Å². The van der Waals surface area contributed by atoms with Gasteiger partial charge in [0.2, 0.25) is 0 Å². The van der Waals surface area contributed by atoms with Crippen molar-refractivity contribution in [2.45, 2.75) is 6.92 Å². The maximum Gasteiger partial charge on any atom is 0.198 e. The number of hydrogen-bond acceptors (Lipinski definition) is 6. The third-order valence-corrected chi connectivity index (χ3v) is 5.23. The number of fused-ring (bicyclic) bond motifs is 1. The van der Waals surface area contributed by atoms with E-state index in [1.807, 2.05) is 19.1 Å². The molecule has 5 rings (SSSR count). The van der Waals surface area contributed by atoms with Crippen LogP contribution in [0.3, 0.4) is 0 Å². The zero-order valence-electron chi connectivity index (χ0n) is 16.0. The minimum absolute atomic E-state index is 0.549. The van der Waals surface area contributed by atoms with Crippen LogP contribution >= 0.6 is 0 Å². The number of hydrogen-bond donors (Lipinski definition) is 1. The van der Waals surface area contributed by atoms with Gasteiger partial charge >= 0.3 is 0 Å². The number of benzene rings is 1. The smallest absolute Gasteiger partial charge is 0.198 e. The molecule has 0 unspecified atom stereocenters. The standard InChI is InChI=1S/C21H22N6O/c1-14-6-7-17(28-14)20-24-18(19-21(25-20)23-13-22-19)15-4-3-5-16(12-15)27-10-8-26(2)9-11-27/h3-7,12-13H,8-11H2,1-2H3,(H,22,23,24,25). The number of nitrogens with zero attached hydrogens (tertiary/aromatic N) is 5. The molecule has 7 nitrogen and oxygen atoms in total. The number of H-pyrrole nitrogens is 1. The van der Waals surface area contributed by atoms with Crippen molar-refractivity contribution in [3.05, 3.63) is 48.5 Å². The van der Waals surface area contributed by atoms with Crippen molar-refractivity contribution < 1.29 is 4.42 Å². The molecule has 4 aromatic rings. The molecule has 0 radical (unpaired) electrons. The molecule has 4 heterocycles. The van der Waals surface area contributed by atoms with E-state index in [1.54, 1.807) is 6.33 Å². The summed E-state index contributed by atoms with van der Waals surface area (Å²) in [5, 5.41) is 0. The van der Waals surface area contributed by atoms with E-state index < -0.39 is 0 Å². The lowest BCUT2D eigenvalue weighted by Gasteiger charge is -2.34. The van der Waals surface area contributed by atoms with Gasteiger partial charge in [-0.2, -0.15) is 0 Å². The summed E-state index contributed by atoms with van der Waals surface area (Å²) in [5.74, 6) is 2.03. The van der Waals surface area contributed by atoms with Gasteiger partial charge in [0.05, 0.1) is 6.33 Å². The Hall–Kier alpha value is -3.19. The first-order valence-electron chi connectivity index (χ1n) is 9.49. The topological polar surface area (TPSA) is 74.1 Å². The van der Waals surface area contributed by atoms with E-state index in [9.17, 15) is 0 Å². The fourth-order valence-electron chi connectivity index (χ4n) is 3.62. The number of furan rings is 1. The lowest BCUT2D eigenvalue weighted by molar-refractivity contribution is 0.313. The SMILES string of the molecule is Cc1ccc(-c2nc(-c3cccc(N4CCN(C)CC4)c3)c3[nH]cnc3n2)o1. The van der Waals surface area contributed by atoms with Gasteiger partial charge in [0.1, 0.15) is 17.0 Å². The molecule has 1 saturated heterocycles. The number of nitrogens with one attached hydrogen (secondary N) is 1. The quantitative estimate of drug-likeness (QED) is 0.593. The Kier molecular flexibility index (Phi) is 4.09. The zero-order valence-corrected chi connectivity index (χ0v) is 16.0. The van der Waals surface area contributed by atoms with Crippen molar-refractivity contribution in [3.63, 3.8) is 0 Å². The minimum atomic E-state index is 0.549. The van der Waals surface area contributed by atoms with Crippen molar-refractivity contribution in [1.29, 1.82) is 0 Å². The number of imidazole rings is 1. The molecule has 0 spiro atoms. The number of aromatic nitrogens is 4. The van der Waals surface area contributed by atoms with Crippen LogP contribution in [0.15, 0.2) is 47.1 Å². The van der Waals surface area contributed by atoms with E-state index in [4.69, 9.17) is 9.40 Å². The van der Waals surface area contributed by atoms with E-state index in [1.165, 1.54) is 5.69 Å². The molecule has 0 atom stereocenters. The van der Waals surface area contributed by atoms with Crippen LogP contribution in [0.1, 0.15) is 5.76 Å². The van der Waals surface area contributed by atoms with Crippen molar-refractivity contribution >= 4 is 16.9 Å². The zero-order chi connectivity index (χ0) is 19.1. The first-order chi connectivity index (χ1) is 13.7. The Morgan fingerprint density at radius 3 is 2.68 bits per heavy atom. The molecule has 0 amide bonds. The van der Waals surface area contributed by atoms with Crippen LogP contribution in [0.2, 0.25) is 0 Å². The predicted octanol–water partition coefficient (Wildman–Crippen LogP) is 3.34. The third kappa shape index (κ3) is 3.03. The summed E-state index contributed by atoms with van der Waals surface area (Å²) >= 11 is 0. The average Bonchev–Trinajstić information content (AvgIpc) is 3.36. The lowest BCUT2D eigenvalue weighted by atomic mass is 10.1. The molecule has 7 heteroatoms. The number of rotatable bonds is 3. The van der Waals surface area contributed by atoms with E-state index in [0.29, 0.717) is 17.2 Å². The molecule has 142 valence electrons. The van der Waals surface area contributed by atoms with Gasteiger partial charge in [0.25, 0.3) is 0 Å². The molecule has 1 aliphatic rings. The maximum absolute atomic E-state index is 5.74. The van der Waals surface area contributed by atoms with Crippen LogP contribution in [0.5, 0.6) is 0 Å². The second kappa shape index (κ2) is 6.76. The molecule has 28 heavy (non-hydrogen) atoms. The number of aromatic amines is 1. The molecule has 1 aromatic carbocycles. The molecule has 0 saturated carbocycles. The van der Waals surface area contributed by atoms with Crippen molar-refractivity contribution in [3.8, 4) is 22.8 Å². The largest absolute Gasteiger partial charge is 0.458 e. The lowest BCUT2D eigenvalue weighted by Crippen LogP contribution is -2.44. The number of piperazine rings is 1. The third-order valence-electron chi connectivity index (χ3n) is 5.23. The summed E-state index contributed by atoms with van der Waals surface area (Å²) in [7, 11) is 2.17. The van der Waals surface area contributed by atoms with Crippen molar-refractivity contribution in [1.82, 2.24) is 24.8 Å². The van der Waals surface area contributed by atoms with Crippen molar-refractivity contribution in [2.75, 3.05) is 38.1 Å². The first kappa shape index (κ1) is 16.9. The molecule has 1 N–H and O–H groups in total. The van der Waals surface area contributed by atoms with E-state index in [0.717, 1.165) is 48.7 Å². The van der Waals surface area contributed by atoms with Crippen LogP contribution in [0.4, 0.5) is 5.69 Å². The second-order valence-corrected chi connectivity index (χ2v) is 7.25. The normalized spacial score (nSPS) is 15.4. The molecule has 1 fully saturated rings. The highest BCUT2D eigenvalue weighted by molar-refractivity contribution is 5.89. The molecular weight excluding hydrogens is 352 g/mol. The van der Waals surface area contributed by atoms with Gasteiger partial charge in [-0.05, 0) is 38.2 Å². The van der Waals surface area contributed by atoms with E-state index in [2.05, 4.69) is 56.1 Å². The average molecular weight is 374 g/mol. The predicted molar refractivity (Wildman–Crippen MR) is 109 cm³/mol. The molecular formula is C21H22N6O. The van der Waals surface area contributed by atoms with Crippen LogP contribution < -0.4 is 4.90 Å². The molecule has 3 aromatic heterocycles. The number of anilines is 1. The summed E-state index contributed by atoms with van der Waals surface area (Å²) in [6.45, 7) is 6.12. The summed E-state index contributed by atoms with van der Waals surface area (Å²) < 4.78 is 5.74. The van der Waals surface area contributed by atoms with Gasteiger partial charge < -0.3 is 19.2 Å². The fourth-order valence-corrected chi connectivity index (χ4v) is 3.62. The minimum Gasteiger partial charge on any atom is -0.458 e. The van der Waals surface area contributed by atoms with Gasteiger partial charge in [0.15, 0.2) is 17.2 Å². The Labute approximate surface area is 163 Å². The van der Waals surface area contributed by atoms with Crippen LogP contribution in [0.25, 0.3) is 34.0 Å². The highest BCUT2D eigenvalue weighted by Gasteiger charge is 2.18. The summed E-state index contributed by atoms with van der Waals surface area (Å²) in [5.41, 5.74) is 4.56. The van der Waals surface area contributed by atoms with Crippen LogP contribution in [-0.4, -0.2) is 58.1 Å². The van der Waals surface area contributed by atoms with Gasteiger partial charge in [0, 0.05) is 37.4 Å². The fraction of sp³-hybridized carbons (Fsp3) is 0.286. The van der Waals surface area contributed by atoms with Gasteiger partial charge in [-0.1, -0.05) is 12.1 Å². The highest BCUT2D eigenvalue weighted by Crippen LogP contribution is 2.30. The van der Waals surface area contributed by atoms with Crippen LogP contribution in [-0.2, 0) is 0 Å². The van der Waals surface area contributed by atoms with E-state index in [-0.39, 0.29) is 0 Å². The van der Waals surface area contributed by atoms with Crippen molar-refractivity contribution in [2.24, 2.45) is 0 Å². The molecule has 0 bridgehead atoms. The Morgan fingerprint density at radius 1 is 1.04 bits per heavy atom. The summed E-state index contributed by atoms with van der Waals surface area (Å²) in [6, 6.07) is 12.3. The van der Waals surface area contributed by atoms with Gasteiger partial charge in [-0.25, -0.2) is 15.0 Å². The van der Waals surface area contributed by atoms with Gasteiger partial charge in [-0.3, -0.25) is 0 Å². The highest BCUT2D eigenvalue weighted by atomic mass is 16.3. The number of aryl methyl sites for hydroxylation is 1. The first-order valence-corrected chi connectivity index (χ1v) is 9.49. The summed E-state index contributed by atoms with van der Waals surface area (Å²) in [6.07, 6.45) is 1.66. The molecule has 0 aliphatic carbocycles. The Bertz CT molecular complexity index is 1120.